The molecule has 30 heavy (non-hydrogen) atoms. The molecule has 1 aliphatic heterocycles. The van der Waals surface area contributed by atoms with Crippen LogP contribution in [0.1, 0.15) is 24.0 Å². The summed E-state index contributed by atoms with van der Waals surface area (Å²) < 4.78 is 33.3. The van der Waals surface area contributed by atoms with Gasteiger partial charge in [-0.1, -0.05) is 54.6 Å². The molecular formula is C24H28N2O3S. The highest BCUT2D eigenvalue weighted by Gasteiger charge is 2.23. The molecule has 158 valence electrons. The van der Waals surface area contributed by atoms with Gasteiger partial charge in [-0.05, 0) is 48.6 Å². The van der Waals surface area contributed by atoms with Crippen LogP contribution >= 0.6 is 0 Å². The smallest absolute Gasteiger partial charge is 0.215 e. The Morgan fingerprint density at radius 1 is 1.00 bits per heavy atom. The van der Waals surface area contributed by atoms with Gasteiger partial charge in [0.05, 0.1) is 12.0 Å². The van der Waals surface area contributed by atoms with E-state index in [1.807, 2.05) is 48.5 Å². The van der Waals surface area contributed by atoms with Gasteiger partial charge in [-0.15, -0.1) is 0 Å². The summed E-state index contributed by atoms with van der Waals surface area (Å²) in [5.41, 5.74) is 3.16. The Morgan fingerprint density at radius 2 is 1.80 bits per heavy atom. The van der Waals surface area contributed by atoms with Gasteiger partial charge < -0.3 is 4.42 Å². The Hall–Kier alpha value is -2.41. The highest BCUT2D eigenvalue weighted by molar-refractivity contribution is 7.88. The summed E-state index contributed by atoms with van der Waals surface area (Å²) in [6.07, 6.45) is 3.82. The summed E-state index contributed by atoms with van der Waals surface area (Å²) in [5.74, 6) is 1.23. The quantitative estimate of drug-likeness (QED) is 0.586. The van der Waals surface area contributed by atoms with Crippen LogP contribution in [0.15, 0.2) is 77.4 Å². The van der Waals surface area contributed by atoms with Gasteiger partial charge in [0.25, 0.3) is 0 Å². The van der Waals surface area contributed by atoms with Crippen molar-refractivity contribution in [1.82, 2.24) is 9.62 Å². The van der Waals surface area contributed by atoms with Crippen LogP contribution in [0.3, 0.4) is 0 Å². The van der Waals surface area contributed by atoms with Crippen LogP contribution in [-0.2, 0) is 22.3 Å². The maximum atomic E-state index is 12.5. The topological polar surface area (TPSA) is 62.6 Å². The third-order valence-corrected chi connectivity index (χ3v) is 6.91. The maximum Gasteiger partial charge on any atom is 0.215 e. The molecule has 2 aromatic carbocycles. The minimum atomic E-state index is -3.33. The first-order valence-electron chi connectivity index (χ1n) is 10.4. The van der Waals surface area contributed by atoms with E-state index >= 15 is 0 Å². The van der Waals surface area contributed by atoms with Gasteiger partial charge in [-0.25, -0.2) is 13.1 Å². The fourth-order valence-electron chi connectivity index (χ4n) is 4.12. The molecular weight excluding hydrogens is 396 g/mol. The Labute approximate surface area is 178 Å². The number of piperidine rings is 1. The van der Waals surface area contributed by atoms with Crippen molar-refractivity contribution in [3.05, 3.63) is 84.1 Å². The van der Waals surface area contributed by atoms with Gasteiger partial charge in [-0.3, -0.25) is 4.90 Å². The van der Waals surface area contributed by atoms with Gasteiger partial charge in [-0.2, -0.15) is 0 Å². The number of rotatable bonds is 8. The van der Waals surface area contributed by atoms with Crippen molar-refractivity contribution in [2.24, 2.45) is 5.92 Å². The summed E-state index contributed by atoms with van der Waals surface area (Å²) in [6, 6.07) is 21.5. The number of benzene rings is 2. The molecule has 4 rings (SSSR count). The second-order valence-electron chi connectivity index (χ2n) is 7.97. The molecule has 1 atom stereocenters. The lowest BCUT2D eigenvalue weighted by Crippen LogP contribution is -2.40. The number of likely N-dealkylation sites (tertiary alicyclic amines) is 1. The van der Waals surface area contributed by atoms with Crippen LogP contribution in [0.2, 0.25) is 0 Å². The van der Waals surface area contributed by atoms with E-state index in [0.717, 1.165) is 49.4 Å². The van der Waals surface area contributed by atoms with E-state index in [0.29, 0.717) is 12.5 Å². The Bertz CT molecular complexity index is 1030. The molecule has 0 bridgehead atoms. The summed E-state index contributed by atoms with van der Waals surface area (Å²) in [6.45, 7) is 3.25. The van der Waals surface area contributed by atoms with Crippen LogP contribution < -0.4 is 4.72 Å². The Kier molecular flexibility index (Phi) is 6.67. The zero-order chi connectivity index (χ0) is 20.8. The molecule has 1 N–H and O–H groups in total. The van der Waals surface area contributed by atoms with Crippen LogP contribution in [0.4, 0.5) is 0 Å². The molecule has 5 nitrogen and oxygen atoms in total. The van der Waals surface area contributed by atoms with Crippen molar-refractivity contribution < 1.29 is 12.8 Å². The SMILES string of the molecule is O=S(=O)(Cc1ccccc1)NC[C@H]1CCCN(Cc2ccccc2-c2ccco2)C1. The number of hydrogen-bond donors (Lipinski definition) is 1. The third kappa shape index (κ3) is 5.59. The molecule has 0 amide bonds. The largest absolute Gasteiger partial charge is 0.464 e. The molecule has 3 aromatic rings. The van der Waals surface area contributed by atoms with Gasteiger partial charge in [0.1, 0.15) is 5.76 Å². The lowest BCUT2D eigenvalue weighted by molar-refractivity contribution is 0.169. The highest BCUT2D eigenvalue weighted by atomic mass is 32.2. The zero-order valence-electron chi connectivity index (χ0n) is 17.0. The van der Waals surface area contributed by atoms with Crippen molar-refractivity contribution in [2.45, 2.75) is 25.1 Å². The van der Waals surface area contributed by atoms with Gasteiger partial charge in [0.2, 0.25) is 10.0 Å². The fourth-order valence-corrected chi connectivity index (χ4v) is 5.35. The standard InChI is InChI=1S/C24H28N2O3S/c27-30(28,19-20-8-2-1-3-9-20)25-16-21-10-6-14-26(17-21)18-22-11-4-5-12-23(22)24-13-7-15-29-24/h1-5,7-9,11-13,15,21,25H,6,10,14,16-19H2/t21-/m1/s1. The van der Waals surface area contributed by atoms with Gasteiger partial charge in [0, 0.05) is 25.2 Å². The number of nitrogens with zero attached hydrogens (tertiary/aromatic N) is 1. The first kappa shape index (κ1) is 20.8. The van der Waals surface area contributed by atoms with Crippen molar-refractivity contribution in [3.8, 4) is 11.3 Å². The van der Waals surface area contributed by atoms with Crippen LogP contribution in [-0.4, -0.2) is 33.0 Å². The predicted molar refractivity (Wildman–Crippen MR) is 119 cm³/mol. The Balaban J connectivity index is 1.34. The van der Waals surface area contributed by atoms with E-state index in [-0.39, 0.29) is 5.75 Å². The first-order valence-corrected chi connectivity index (χ1v) is 12.1. The van der Waals surface area contributed by atoms with Crippen LogP contribution in [0.5, 0.6) is 0 Å². The van der Waals surface area contributed by atoms with Crippen molar-refractivity contribution in [2.75, 3.05) is 19.6 Å². The van der Waals surface area contributed by atoms with Crippen LogP contribution in [0, 0.1) is 5.92 Å². The molecule has 0 saturated carbocycles. The molecule has 1 aromatic heterocycles. The number of hydrogen-bond acceptors (Lipinski definition) is 4. The molecule has 1 fully saturated rings. The van der Waals surface area contributed by atoms with E-state index in [1.54, 1.807) is 6.26 Å². The number of furan rings is 1. The first-order chi connectivity index (χ1) is 14.6. The normalized spacial score (nSPS) is 17.8. The molecule has 2 heterocycles. The summed E-state index contributed by atoms with van der Waals surface area (Å²) in [5, 5.41) is 0. The van der Waals surface area contributed by atoms with Gasteiger partial charge >= 0.3 is 0 Å². The minimum absolute atomic E-state index is 0.0286. The van der Waals surface area contributed by atoms with Crippen molar-refractivity contribution >= 4 is 10.0 Å². The summed E-state index contributed by atoms with van der Waals surface area (Å²) >= 11 is 0. The average molecular weight is 425 g/mol. The van der Waals surface area contributed by atoms with E-state index in [2.05, 4.69) is 27.8 Å². The molecule has 6 heteroatoms. The molecule has 0 aliphatic carbocycles. The molecule has 1 saturated heterocycles. The average Bonchev–Trinajstić information content (AvgIpc) is 3.28. The fraction of sp³-hybridized carbons (Fsp3) is 0.333. The van der Waals surface area contributed by atoms with Crippen LogP contribution in [0.25, 0.3) is 11.3 Å². The van der Waals surface area contributed by atoms with E-state index in [4.69, 9.17) is 4.42 Å². The lowest BCUT2D eigenvalue weighted by Gasteiger charge is -2.33. The maximum absolute atomic E-state index is 12.5. The molecule has 0 radical (unpaired) electrons. The molecule has 1 aliphatic rings. The summed E-state index contributed by atoms with van der Waals surface area (Å²) in [7, 11) is -3.33. The van der Waals surface area contributed by atoms with E-state index in [1.165, 1.54) is 5.56 Å². The van der Waals surface area contributed by atoms with E-state index in [9.17, 15) is 8.42 Å². The molecule has 0 unspecified atom stereocenters. The predicted octanol–water partition coefficient (Wildman–Crippen LogP) is 4.28. The number of sulfonamides is 1. The second kappa shape index (κ2) is 9.60. The second-order valence-corrected chi connectivity index (χ2v) is 9.78. The monoisotopic (exact) mass is 424 g/mol. The minimum Gasteiger partial charge on any atom is -0.464 e. The highest BCUT2D eigenvalue weighted by Crippen LogP contribution is 2.27. The zero-order valence-corrected chi connectivity index (χ0v) is 17.9. The summed E-state index contributed by atoms with van der Waals surface area (Å²) in [4.78, 5) is 2.42. The van der Waals surface area contributed by atoms with Crippen molar-refractivity contribution in [3.63, 3.8) is 0 Å². The third-order valence-electron chi connectivity index (χ3n) is 5.59. The Morgan fingerprint density at radius 3 is 2.60 bits per heavy atom. The van der Waals surface area contributed by atoms with E-state index < -0.39 is 10.0 Å². The van der Waals surface area contributed by atoms with Crippen molar-refractivity contribution in [1.29, 1.82) is 0 Å². The molecule has 0 spiro atoms. The van der Waals surface area contributed by atoms with Gasteiger partial charge in [0.15, 0.2) is 0 Å². The lowest BCUT2D eigenvalue weighted by atomic mass is 9.97. The number of nitrogens with one attached hydrogen (secondary N) is 1.